The second-order valence-corrected chi connectivity index (χ2v) is 4.38. The summed E-state index contributed by atoms with van der Waals surface area (Å²) in [6, 6.07) is 0.562. The number of imidazole rings is 1. The van der Waals surface area contributed by atoms with E-state index in [2.05, 4.69) is 43.8 Å². The minimum Gasteiger partial charge on any atom is -0.465 e. The quantitative estimate of drug-likeness (QED) is 0.745. The monoisotopic (exact) mass is 340 g/mol. The van der Waals surface area contributed by atoms with Crippen LogP contribution in [-0.4, -0.2) is 22.8 Å². The molecular formula is C9H14Br2N2O2. The fraction of sp³-hybridized carbons (Fsp3) is 0.667. The molecule has 0 saturated carbocycles. The molecule has 0 aliphatic carbocycles. The summed E-state index contributed by atoms with van der Waals surface area (Å²) in [5.41, 5.74) is 0. The number of hydrogen-bond donors (Lipinski definition) is 0. The molecule has 1 heterocycles. The molecule has 0 radical (unpaired) electrons. The first-order valence-electron chi connectivity index (χ1n) is 4.82. The van der Waals surface area contributed by atoms with Crippen LogP contribution in [-0.2, 0) is 11.5 Å². The molecule has 0 fully saturated rings. The Labute approximate surface area is 106 Å². The lowest BCUT2D eigenvalue weighted by atomic mass is 10.5. The smallest absolute Gasteiger partial charge is 0.300 e. The summed E-state index contributed by atoms with van der Waals surface area (Å²) in [6.45, 7) is 5.76. The average Bonchev–Trinajstić information content (AvgIpc) is 2.47. The Morgan fingerprint density at radius 1 is 1.33 bits per heavy atom. The zero-order valence-electron chi connectivity index (χ0n) is 8.80. The lowest BCUT2D eigenvalue weighted by Gasteiger charge is -2.08. The SMILES string of the molecule is CCCOCn1c(OCC)nc(Br)c1Br. The first kappa shape index (κ1) is 13.0. The first-order chi connectivity index (χ1) is 7.20. The fourth-order valence-corrected chi connectivity index (χ4v) is 1.75. The molecule has 0 atom stereocenters. The fourth-order valence-electron chi connectivity index (χ4n) is 1.04. The van der Waals surface area contributed by atoms with Crippen LogP contribution < -0.4 is 4.74 Å². The summed E-state index contributed by atoms with van der Waals surface area (Å²) in [4.78, 5) is 4.21. The molecule has 0 N–H and O–H groups in total. The molecule has 1 aromatic rings. The molecule has 0 amide bonds. The Morgan fingerprint density at radius 3 is 2.67 bits per heavy atom. The molecule has 0 unspecified atom stereocenters. The van der Waals surface area contributed by atoms with E-state index in [0.29, 0.717) is 19.3 Å². The summed E-state index contributed by atoms with van der Waals surface area (Å²) < 4.78 is 14.2. The van der Waals surface area contributed by atoms with Gasteiger partial charge >= 0.3 is 0 Å². The van der Waals surface area contributed by atoms with Crippen molar-refractivity contribution in [2.45, 2.75) is 27.0 Å². The van der Waals surface area contributed by atoms with Crippen molar-refractivity contribution in [3.05, 3.63) is 9.21 Å². The van der Waals surface area contributed by atoms with Gasteiger partial charge in [0, 0.05) is 6.61 Å². The van der Waals surface area contributed by atoms with Crippen LogP contribution in [0.4, 0.5) is 0 Å². The van der Waals surface area contributed by atoms with Crippen molar-refractivity contribution in [2.24, 2.45) is 0 Å². The van der Waals surface area contributed by atoms with Gasteiger partial charge in [-0.25, -0.2) is 0 Å². The number of ether oxygens (including phenoxy) is 2. The zero-order chi connectivity index (χ0) is 11.3. The summed E-state index contributed by atoms with van der Waals surface area (Å²) in [5, 5.41) is 0. The summed E-state index contributed by atoms with van der Waals surface area (Å²) in [5.74, 6) is 0. The Hall–Kier alpha value is -0.0700. The van der Waals surface area contributed by atoms with Crippen molar-refractivity contribution < 1.29 is 9.47 Å². The lowest BCUT2D eigenvalue weighted by Crippen LogP contribution is -2.07. The van der Waals surface area contributed by atoms with Gasteiger partial charge < -0.3 is 9.47 Å². The molecule has 0 bridgehead atoms. The largest absolute Gasteiger partial charge is 0.465 e. The van der Waals surface area contributed by atoms with Crippen molar-refractivity contribution in [3.63, 3.8) is 0 Å². The standard InChI is InChI=1S/C9H14Br2N2O2/c1-3-5-14-6-13-8(11)7(10)12-9(13)15-4-2/h3-6H2,1-2H3. The van der Waals surface area contributed by atoms with Crippen molar-refractivity contribution in [3.8, 4) is 6.01 Å². The van der Waals surface area contributed by atoms with Gasteiger partial charge in [0.2, 0.25) is 0 Å². The highest BCUT2D eigenvalue weighted by Crippen LogP contribution is 2.27. The molecule has 0 aliphatic rings. The third-order valence-electron chi connectivity index (χ3n) is 1.67. The van der Waals surface area contributed by atoms with Gasteiger partial charge in [0.1, 0.15) is 15.9 Å². The maximum absolute atomic E-state index is 5.44. The van der Waals surface area contributed by atoms with Gasteiger partial charge in [-0.3, -0.25) is 4.57 Å². The minimum atomic E-state index is 0.447. The van der Waals surface area contributed by atoms with Crippen LogP contribution >= 0.6 is 31.9 Å². The van der Waals surface area contributed by atoms with E-state index < -0.39 is 0 Å². The maximum atomic E-state index is 5.44. The van der Waals surface area contributed by atoms with Gasteiger partial charge in [-0.15, -0.1) is 0 Å². The molecule has 1 aromatic heterocycles. The molecule has 4 nitrogen and oxygen atoms in total. The van der Waals surface area contributed by atoms with E-state index in [1.807, 2.05) is 11.5 Å². The van der Waals surface area contributed by atoms with E-state index in [4.69, 9.17) is 9.47 Å². The van der Waals surface area contributed by atoms with Crippen LogP contribution in [0, 0.1) is 0 Å². The van der Waals surface area contributed by atoms with Crippen LogP contribution in [0.3, 0.4) is 0 Å². The number of nitrogens with zero attached hydrogens (tertiary/aromatic N) is 2. The molecule has 1 rings (SSSR count). The predicted octanol–water partition coefficient (Wildman–Crippen LogP) is 3.19. The second-order valence-electron chi connectivity index (χ2n) is 2.87. The van der Waals surface area contributed by atoms with Crippen LogP contribution in [0.5, 0.6) is 6.01 Å². The van der Waals surface area contributed by atoms with Crippen molar-refractivity contribution in [1.29, 1.82) is 0 Å². The van der Waals surface area contributed by atoms with Crippen LogP contribution in [0.15, 0.2) is 9.21 Å². The molecular weight excluding hydrogens is 328 g/mol. The van der Waals surface area contributed by atoms with Crippen molar-refractivity contribution in [2.75, 3.05) is 13.2 Å². The summed E-state index contributed by atoms with van der Waals surface area (Å²) in [7, 11) is 0. The highest BCUT2D eigenvalue weighted by atomic mass is 79.9. The molecule has 15 heavy (non-hydrogen) atoms. The Bertz CT molecular complexity index is 315. The van der Waals surface area contributed by atoms with E-state index in [9.17, 15) is 0 Å². The molecule has 6 heteroatoms. The highest BCUT2D eigenvalue weighted by Gasteiger charge is 2.13. The van der Waals surface area contributed by atoms with Gasteiger partial charge in [0.25, 0.3) is 6.01 Å². The minimum absolute atomic E-state index is 0.447. The van der Waals surface area contributed by atoms with E-state index in [-0.39, 0.29) is 0 Å². The second kappa shape index (κ2) is 6.50. The lowest BCUT2D eigenvalue weighted by molar-refractivity contribution is 0.0688. The molecule has 0 aromatic carbocycles. The van der Waals surface area contributed by atoms with Gasteiger partial charge in [-0.05, 0) is 45.2 Å². The Balaban J connectivity index is 2.73. The normalized spacial score (nSPS) is 10.7. The Morgan fingerprint density at radius 2 is 2.07 bits per heavy atom. The number of halogens is 2. The molecule has 0 spiro atoms. The van der Waals surface area contributed by atoms with E-state index in [1.165, 1.54) is 0 Å². The van der Waals surface area contributed by atoms with E-state index >= 15 is 0 Å². The first-order valence-corrected chi connectivity index (χ1v) is 6.41. The van der Waals surface area contributed by atoms with Gasteiger partial charge in [0.15, 0.2) is 0 Å². The Kier molecular flexibility index (Phi) is 5.63. The average molecular weight is 342 g/mol. The number of aromatic nitrogens is 2. The predicted molar refractivity (Wildman–Crippen MR) is 65.0 cm³/mol. The summed E-state index contributed by atoms with van der Waals surface area (Å²) >= 11 is 6.75. The van der Waals surface area contributed by atoms with Crippen LogP contribution in [0.25, 0.3) is 0 Å². The third kappa shape index (κ3) is 3.46. The molecule has 0 aliphatic heterocycles. The molecule has 86 valence electrons. The van der Waals surface area contributed by atoms with E-state index in [1.54, 1.807) is 0 Å². The molecule has 0 saturated heterocycles. The summed E-state index contributed by atoms with van der Waals surface area (Å²) in [6.07, 6.45) is 0.997. The number of hydrogen-bond acceptors (Lipinski definition) is 3. The van der Waals surface area contributed by atoms with Crippen LogP contribution in [0.2, 0.25) is 0 Å². The highest BCUT2D eigenvalue weighted by molar-refractivity contribution is 9.13. The van der Waals surface area contributed by atoms with E-state index in [0.717, 1.165) is 22.2 Å². The van der Waals surface area contributed by atoms with Gasteiger partial charge in [-0.1, -0.05) is 6.92 Å². The van der Waals surface area contributed by atoms with Crippen molar-refractivity contribution >= 4 is 31.9 Å². The van der Waals surface area contributed by atoms with Crippen LogP contribution in [0.1, 0.15) is 20.3 Å². The third-order valence-corrected chi connectivity index (χ3v) is 3.56. The van der Waals surface area contributed by atoms with Crippen molar-refractivity contribution in [1.82, 2.24) is 9.55 Å². The van der Waals surface area contributed by atoms with Gasteiger partial charge in [0.05, 0.1) is 6.61 Å². The maximum Gasteiger partial charge on any atom is 0.300 e. The van der Waals surface area contributed by atoms with Gasteiger partial charge in [-0.2, -0.15) is 4.98 Å². The zero-order valence-corrected chi connectivity index (χ0v) is 12.0. The number of rotatable bonds is 6. The topological polar surface area (TPSA) is 36.3 Å².